The lowest BCUT2D eigenvalue weighted by atomic mass is 10.1. The summed E-state index contributed by atoms with van der Waals surface area (Å²) >= 11 is 18.4. The summed E-state index contributed by atoms with van der Waals surface area (Å²) in [6, 6.07) is 7.09. The van der Waals surface area contributed by atoms with E-state index < -0.39 is 5.38 Å². The molecule has 0 unspecified atom stereocenters. The molecule has 3 aromatic rings. The summed E-state index contributed by atoms with van der Waals surface area (Å²) in [6.07, 6.45) is 1.67. The number of nitrogens with zero attached hydrogens (tertiary/aromatic N) is 6. The van der Waals surface area contributed by atoms with Crippen molar-refractivity contribution in [2.45, 2.75) is 12.3 Å². The molecule has 0 radical (unpaired) electrons. The minimum absolute atomic E-state index is 0.0520. The topological polar surface area (TPSA) is 66.6 Å². The third kappa shape index (κ3) is 3.62. The number of hydrogen-bond donors (Lipinski definition) is 0. The molecule has 3 heterocycles. The fraction of sp³-hybridized carbons (Fsp3) is 0.333. The number of carbonyl (C=O) groups excluding carboxylic acids is 1. The van der Waals surface area contributed by atoms with Gasteiger partial charge >= 0.3 is 0 Å². The van der Waals surface area contributed by atoms with Crippen molar-refractivity contribution < 1.29 is 4.79 Å². The molecule has 10 heteroatoms. The number of rotatable bonds is 3. The van der Waals surface area contributed by atoms with Crippen molar-refractivity contribution in [1.82, 2.24) is 24.5 Å². The Morgan fingerprint density at radius 3 is 2.61 bits per heavy atom. The predicted molar refractivity (Wildman–Crippen MR) is 110 cm³/mol. The van der Waals surface area contributed by atoms with E-state index in [1.165, 1.54) is 0 Å². The molecule has 0 saturated carbocycles. The number of aromatic nitrogens is 4. The summed E-state index contributed by atoms with van der Waals surface area (Å²) in [7, 11) is 0. The van der Waals surface area contributed by atoms with Gasteiger partial charge in [0.2, 0.25) is 11.9 Å². The van der Waals surface area contributed by atoms with Crippen LogP contribution >= 0.6 is 34.8 Å². The van der Waals surface area contributed by atoms with Crippen molar-refractivity contribution in [3.63, 3.8) is 0 Å². The lowest BCUT2D eigenvalue weighted by Gasteiger charge is -2.34. The highest BCUT2D eigenvalue weighted by molar-refractivity contribution is 6.35. The highest BCUT2D eigenvalue weighted by Gasteiger charge is 2.26. The first-order valence-electron chi connectivity index (χ1n) is 8.79. The van der Waals surface area contributed by atoms with E-state index in [1.807, 2.05) is 11.0 Å². The van der Waals surface area contributed by atoms with Gasteiger partial charge in [0, 0.05) is 43.0 Å². The van der Waals surface area contributed by atoms with Crippen LogP contribution in [0, 0.1) is 0 Å². The maximum Gasteiger partial charge on any atom is 0.254 e. The third-order valence-electron chi connectivity index (χ3n) is 4.65. The van der Waals surface area contributed by atoms with E-state index in [1.54, 1.807) is 40.7 Å². The molecule has 1 saturated heterocycles. The molecule has 7 nitrogen and oxygen atoms in total. The summed E-state index contributed by atoms with van der Waals surface area (Å²) in [5, 5.41) is 5.26. The van der Waals surface area contributed by atoms with Crippen LogP contribution in [0.15, 0.2) is 30.5 Å². The van der Waals surface area contributed by atoms with Gasteiger partial charge in [-0.3, -0.25) is 4.79 Å². The number of fused-ring (bicyclic) bond motifs is 1. The Morgan fingerprint density at radius 1 is 1.14 bits per heavy atom. The van der Waals surface area contributed by atoms with Gasteiger partial charge in [-0.25, -0.2) is 4.98 Å². The first-order chi connectivity index (χ1) is 13.4. The average Bonchev–Trinajstić information content (AvgIpc) is 3.13. The van der Waals surface area contributed by atoms with Crippen LogP contribution in [0.1, 0.15) is 6.92 Å². The SMILES string of the molecule is C[C@H](Cl)C(=O)N1CCN(c2nc3nccc(-c4cc(Cl)ccc4Cl)n3n2)CC1. The highest BCUT2D eigenvalue weighted by Crippen LogP contribution is 2.30. The largest absolute Gasteiger partial charge is 0.338 e. The molecule has 28 heavy (non-hydrogen) atoms. The zero-order valence-electron chi connectivity index (χ0n) is 15.0. The molecule has 0 N–H and O–H groups in total. The smallest absolute Gasteiger partial charge is 0.254 e. The van der Waals surface area contributed by atoms with Gasteiger partial charge in [-0.1, -0.05) is 23.2 Å². The van der Waals surface area contributed by atoms with Crippen molar-refractivity contribution in [2.75, 3.05) is 31.1 Å². The zero-order valence-corrected chi connectivity index (χ0v) is 17.3. The molecule has 2 aromatic heterocycles. The van der Waals surface area contributed by atoms with Crippen molar-refractivity contribution in [3.8, 4) is 11.3 Å². The van der Waals surface area contributed by atoms with Gasteiger partial charge in [-0.05, 0) is 31.2 Å². The molecule has 1 aliphatic rings. The Bertz CT molecular complexity index is 1030. The monoisotopic (exact) mass is 438 g/mol. The molecule has 0 spiro atoms. The molecular formula is C18H17Cl3N6O. The van der Waals surface area contributed by atoms with Gasteiger partial charge in [0.25, 0.3) is 5.78 Å². The van der Waals surface area contributed by atoms with E-state index in [2.05, 4.69) is 15.1 Å². The average molecular weight is 440 g/mol. The lowest BCUT2D eigenvalue weighted by molar-refractivity contribution is -0.130. The number of anilines is 1. The van der Waals surface area contributed by atoms with E-state index in [9.17, 15) is 4.79 Å². The number of halogens is 3. The summed E-state index contributed by atoms with van der Waals surface area (Å²) in [6.45, 7) is 4.09. The van der Waals surface area contributed by atoms with Gasteiger partial charge in [0.1, 0.15) is 5.38 Å². The van der Waals surface area contributed by atoms with Gasteiger partial charge < -0.3 is 9.80 Å². The number of alkyl halides is 1. The maximum atomic E-state index is 12.0. The fourth-order valence-electron chi connectivity index (χ4n) is 3.19. The van der Waals surface area contributed by atoms with Gasteiger partial charge in [0.05, 0.1) is 10.7 Å². The van der Waals surface area contributed by atoms with Gasteiger partial charge in [-0.15, -0.1) is 16.7 Å². The molecule has 1 aliphatic heterocycles. The van der Waals surface area contributed by atoms with Crippen LogP contribution in [0.4, 0.5) is 5.95 Å². The molecule has 1 amide bonds. The minimum atomic E-state index is -0.519. The second-order valence-corrected chi connectivity index (χ2v) is 8.00. The molecule has 0 aliphatic carbocycles. The number of piperazine rings is 1. The Hall–Kier alpha value is -2.09. The van der Waals surface area contributed by atoms with Crippen LogP contribution in [0.2, 0.25) is 10.0 Å². The highest BCUT2D eigenvalue weighted by atomic mass is 35.5. The van der Waals surface area contributed by atoms with Crippen molar-refractivity contribution >= 4 is 52.4 Å². The van der Waals surface area contributed by atoms with Crippen molar-refractivity contribution in [3.05, 3.63) is 40.5 Å². The Kier molecular flexibility index (Phi) is 5.31. The number of amides is 1. The normalized spacial score (nSPS) is 15.9. The van der Waals surface area contributed by atoms with Gasteiger partial charge in [0.15, 0.2) is 0 Å². The van der Waals surface area contributed by atoms with Crippen LogP contribution in [0.5, 0.6) is 0 Å². The summed E-state index contributed by atoms with van der Waals surface area (Å²) in [5.41, 5.74) is 1.51. The van der Waals surface area contributed by atoms with E-state index in [0.29, 0.717) is 48.0 Å². The quantitative estimate of drug-likeness (QED) is 0.585. The van der Waals surface area contributed by atoms with E-state index in [0.717, 1.165) is 11.3 Å². The Labute approximate surface area is 176 Å². The zero-order chi connectivity index (χ0) is 19.8. The molecule has 4 rings (SSSR count). The van der Waals surface area contributed by atoms with E-state index in [-0.39, 0.29) is 5.91 Å². The second kappa shape index (κ2) is 7.73. The maximum absolute atomic E-state index is 12.0. The predicted octanol–water partition coefficient (Wildman–Crippen LogP) is 3.37. The number of carbonyl (C=O) groups is 1. The number of hydrogen-bond acceptors (Lipinski definition) is 5. The summed E-state index contributed by atoms with van der Waals surface area (Å²) in [4.78, 5) is 24.7. The first-order valence-corrected chi connectivity index (χ1v) is 9.98. The Morgan fingerprint density at radius 2 is 1.89 bits per heavy atom. The van der Waals surface area contributed by atoms with E-state index in [4.69, 9.17) is 34.8 Å². The third-order valence-corrected chi connectivity index (χ3v) is 5.40. The van der Waals surface area contributed by atoms with Crippen molar-refractivity contribution in [2.24, 2.45) is 0 Å². The standard InChI is InChI=1S/C18H17Cl3N6O/c1-11(19)16(28)25-6-8-26(9-7-25)18-23-17-22-5-4-15(27(17)24-18)13-10-12(20)2-3-14(13)21/h2-5,10-11H,6-9H2,1H3/t11-/m0/s1. The molecule has 146 valence electrons. The first kappa shape index (κ1) is 19.2. The second-order valence-electron chi connectivity index (χ2n) is 6.51. The Balaban J connectivity index is 1.63. The molecule has 1 fully saturated rings. The summed E-state index contributed by atoms with van der Waals surface area (Å²) < 4.78 is 1.66. The fourth-order valence-corrected chi connectivity index (χ4v) is 3.72. The van der Waals surface area contributed by atoms with Crippen molar-refractivity contribution in [1.29, 1.82) is 0 Å². The van der Waals surface area contributed by atoms with Gasteiger partial charge in [-0.2, -0.15) is 9.50 Å². The van der Waals surface area contributed by atoms with Crippen LogP contribution in [-0.4, -0.2) is 61.9 Å². The molecular weight excluding hydrogens is 423 g/mol. The van der Waals surface area contributed by atoms with Crippen LogP contribution < -0.4 is 4.90 Å². The number of benzene rings is 1. The van der Waals surface area contributed by atoms with Crippen LogP contribution in [-0.2, 0) is 4.79 Å². The van der Waals surface area contributed by atoms with Crippen LogP contribution in [0.25, 0.3) is 17.0 Å². The van der Waals surface area contributed by atoms with E-state index >= 15 is 0 Å². The summed E-state index contributed by atoms with van der Waals surface area (Å²) in [5.74, 6) is 0.976. The minimum Gasteiger partial charge on any atom is -0.338 e. The molecule has 1 aromatic carbocycles. The van der Waals surface area contributed by atoms with Crippen LogP contribution in [0.3, 0.4) is 0 Å². The molecule has 1 atom stereocenters. The molecule has 0 bridgehead atoms. The lowest BCUT2D eigenvalue weighted by Crippen LogP contribution is -2.50.